The number of pyridine rings is 1. The van der Waals surface area contributed by atoms with Crippen LogP contribution in [0.2, 0.25) is 0 Å². The number of aromatic nitrogens is 3. The Hall–Kier alpha value is -2.94. The fraction of sp³-hybridized carbons (Fsp3) is 0.583. The summed E-state index contributed by atoms with van der Waals surface area (Å²) in [7, 11) is 1.92. The molecule has 3 aliphatic heterocycles. The quantitative estimate of drug-likeness (QED) is 0.734. The number of likely N-dealkylation sites (tertiary alicyclic amines) is 1. The Morgan fingerprint density at radius 2 is 1.91 bits per heavy atom. The Bertz CT molecular complexity index is 1030. The topological polar surface area (TPSA) is 89.5 Å². The molecule has 0 aromatic carbocycles. The Morgan fingerprint density at radius 1 is 1.09 bits per heavy atom. The first kappa shape index (κ1) is 20.7. The van der Waals surface area contributed by atoms with Gasteiger partial charge in [0.05, 0.1) is 11.9 Å². The maximum absolute atomic E-state index is 13.3. The van der Waals surface area contributed by atoms with Crippen LogP contribution in [-0.4, -0.2) is 77.1 Å². The largest absolute Gasteiger partial charge is 0.368 e. The zero-order chi connectivity index (χ0) is 22.4. The Kier molecular flexibility index (Phi) is 5.09. The molecule has 1 unspecified atom stereocenters. The third-order valence-corrected chi connectivity index (χ3v) is 7.78. The van der Waals surface area contributed by atoms with Gasteiger partial charge in [-0.2, -0.15) is 4.98 Å². The van der Waals surface area contributed by atoms with Crippen molar-refractivity contribution in [1.29, 1.82) is 0 Å². The summed E-state index contributed by atoms with van der Waals surface area (Å²) in [4.78, 5) is 34.0. The SMILES string of the molecule is CN1CCC2(Cc3cnc(Nc4ccc(N5CCNCC5)cn4)nc3N2C2CCCC2)C1=O. The second-order valence-corrected chi connectivity index (χ2v) is 9.80. The summed E-state index contributed by atoms with van der Waals surface area (Å²) in [5.41, 5.74) is 1.73. The highest BCUT2D eigenvalue weighted by atomic mass is 16.2. The third-order valence-electron chi connectivity index (χ3n) is 7.78. The van der Waals surface area contributed by atoms with Gasteiger partial charge in [-0.05, 0) is 31.4 Å². The molecule has 1 spiro atoms. The van der Waals surface area contributed by atoms with Crippen LogP contribution in [0.15, 0.2) is 24.5 Å². The van der Waals surface area contributed by atoms with E-state index in [4.69, 9.17) is 4.98 Å². The van der Waals surface area contributed by atoms with Crippen molar-refractivity contribution < 1.29 is 4.79 Å². The van der Waals surface area contributed by atoms with Gasteiger partial charge in [-0.3, -0.25) is 4.79 Å². The van der Waals surface area contributed by atoms with Crippen molar-refractivity contribution in [2.45, 2.75) is 50.1 Å². The van der Waals surface area contributed by atoms with Gasteiger partial charge in [-0.25, -0.2) is 9.97 Å². The Labute approximate surface area is 194 Å². The molecule has 1 aliphatic carbocycles. The second kappa shape index (κ2) is 8.13. The Balaban J connectivity index is 1.26. The molecule has 0 bridgehead atoms. The predicted molar refractivity (Wildman–Crippen MR) is 128 cm³/mol. The van der Waals surface area contributed by atoms with Crippen LogP contribution in [0.25, 0.3) is 0 Å². The molecule has 0 radical (unpaired) electrons. The second-order valence-electron chi connectivity index (χ2n) is 9.80. The number of hydrogen-bond donors (Lipinski definition) is 2. The number of hydrogen-bond acceptors (Lipinski definition) is 8. The molecular weight excluding hydrogens is 416 g/mol. The van der Waals surface area contributed by atoms with Crippen LogP contribution in [0.4, 0.5) is 23.3 Å². The number of amides is 1. The van der Waals surface area contributed by atoms with E-state index in [2.05, 4.69) is 36.5 Å². The minimum Gasteiger partial charge on any atom is -0.368 e. The van der Waals surface area contributed by atoms with Crippen molar-refractivity contribution in [3.8, 4) is 0 Å². The molecule has 9 heteroatoms. The smallest absolute Gasteiger partial charge is 0.248 e. The highest BCUT2D eigenvalue weighted by molar-refractivity contribution is 5.94. The van der Waals surface area contributed by atoms with Gasteiger partial charge in [0.1, 0.15) is 17.2 Å². The number of carbonyl (C=O) groups excluding carboxylic acids is 1. The minimum absolute atomic E-state index is 0.229. The summed E-state index contributed by atoms with van der Waals surface area (Å²) in [5, 5.41) is 6.66. The van der Waals surface area contributed by atoms with Crippen molar-refractivity contribution in [2.75, 3.05) is 54.9 Å². The zero-order valence-electron chi connectivity index (χ0n) is 19.3. The van der Waals surface area contributed by atoms with E-state index in [-0.39, 0.29) is 5.91 Å². The van der Waals surface area contributed by atoms with Crippen LogP contribution < -0.4 is 20.4 Å². The van der Waals surface area contributed by atoms with Crippen LogP contribution >= 0.6 is 0 Å². The number of carbonyl (C=O) groups is 1. The maximum Gasteiger partial charge on any atom is 0.248 e. The molecule has 6 rings (SSSR count). The summed E-state index contributed by atoms with van der Waals surface area (Å²) in [6.45, 7) is 4.79. The zero-order valence-corrected chi connectivity index (χ0v) is 19.3. The number of fused-ring (bicyclic) bond motifs is 1. The summed E-state index contributed by atoms with van der Waals surface area (Å²) in [5.74, 6) is 2.42. The molecule has 4 aliphatic rings. The van der Waals surface area contributed by atoms with Crippen molar-refractivity contribution in [1.82, 2.24) is 25.2 Å². The van der Waals surface area contributed by atoms with E-state index in [1.165, 1.54) is 12.8 Å². The number of likely N-dealkylation sites (N-methyl/N-ethyl adjacent to an activating group) is 1. The van der Waals surface area contributed by atoms with Gasteiger partial charge in [-0.15, -0.1) is 0 Å². The van der Waals surface area contributed by atoms with Gasteiger partial charge in [0, 0.05) is 64.0 Å². The fourth-order valence-corrected chi connectivity index (χ4v) is 6.07. The van der Waals surface area contributed by atoms with E-state index in [0.717, 1.165) is 74.9 Å². The summed E-state index contributed by atoms with van der Waals surface area (Å²) >= 11 is 0. The normalized spacial score (nSPS) is 25.4. The maximum atomic E-state index is 13.3. The number of rotatable bonds is 4. The van der Waals surface area contributed by atoms with Crippen molar-refractivity contribution in [3.05, 3.63) is 30.1 Å². The molecule has 2 aromatic heterocycles. The van der Waals surface area contributed by atoms with Gasteiger partial charge in [0.15, 0.2) is 0 Å². The predicted octanol–water partition coefficient (Wildman–Crippen LogP) is 1.93. The molecule has 33 heavy (non-hydrogen) atoms. The van der Waals surface area contributed by atoms with Crippen LogP contribution in [0.5, 0.6) is 0 Å². The number of nitrogens with one attached hydrogen (secondary N) is 2. The highest BCUT2D eigenvalue weighted by Gasteiger charge is 2.57. The molecule has 9 nitrogen and oxygen atoms in total. The van der Waals surface area contributed by atoms with E-state index in [1.54, 1.807) is 0 Å². The number of anilines is 4. The average Bonchev–Trinajstić information content (AvgIpc) is 3.55. The van der Waals surface area contributed by atoms with E-state index in [0.29, 0.717) is 18.4 Å². The van der Waals surface area contributed by atoms with Crippen LogP contribution in [0.3, 0.4) is 0 Å². The number of piperazine rings is 1. The molecule has 3 fully saturated rings. The molecule has 1 amide bonds. The molecule has 2 aromatic rings. The first-order chi connectivity index (χ1) is 16.1. The molecule has 1 atom stereocenters. The molecule has 1 saturated carbocycles. The molecule has 5 heterocycles. The van der Waals surface area contributed by atoms with Crippen LogP contribution in [0.1, 0.15) is 37.7 Å². The number of nitrogens with zero attached hydrogens (tertiary/aromatic N) is 6. The fourth-order valence-electron chi connectivity index (χ4n) is 6.07. The first-order valence-electron chi connectivity index (χ1n) is 12.2. The minimum atomic E-state index is -0.484. The third kappa shape index (κ3) is 3.49. The van der Waals surface area contributed by atoms with Gasteiger partial charge >= 0.3 is 0 Å². The molecular formula is C24H32N8O. The summed E-state index contributed by atoms with van der Waals surface area (Å²) < 4.78 is 0. The molecule has 174 valence electrons. The summed E-state index contributed by atoms with van der Waals surface area (Å²) in [6, 6.07) is 4.46. The highest BCUT2D eigenvalue weighted by Crippen LogP contribution is 2.47. The first-order valence-corrected chi connectivity index (χ1v) is 12.2. The van der Waals surface area contributed by atoms with Crippen LogP contribution in [0, 0.1) is 0 Å². The van der Waals surface area contributed by atoms with E-state index in [1.807, 2.05) is 30.4 Å². The lowest BCUT2D eigenvalue weighted by Crippen LogP contribution is -2.56. The van der Waals surface area contributed by atoms with Crippen LogP contribution in [-0.2, 0) is 11.2 Å². The van der Waals surface area contributed by atoms with Gasteiger partial charge in [0.25, 0.3) is 0 Å². The lowest BCUT2D eigenvalue weighted by Gasteiger charge is -2.39. The Morgan fingerprint density at radius 3 is 2.61 bits per heavy atom. The summed E-state index contributed by atoms with van der Waals surface area (Å²) in [6.07, 6.45) is 10.1. The van der Waals surface area contributed by atoms with Crippen molar-refractivity contribution in [2.24, 2.45) is 0 Å². The standard InChI is InChI=1S/C24H32N8O/c1-30-11-8-24(22(30)33)14-17-15-27-23(29-21(17)32(24)18-4-2-3-5-18)28-20-7-6-19(16-26-20)31-12-9-25-10-13-31/h6-7,15-16,18,25H,2-5,8-14H2,1H3,(H,26,27,28,29). The average molecular weight is 449 g/mol. The van der Waals surface area contributed by atoms with E-state index >= 15 is 0 Å². The van der Waals surface area contributed by atoms with Gasteiger partial charge in [0.2, 0.25) is 11.9 Å². The van der Waals surface area contributed by atoms with Crippen molar-refractivity contribution >= 4 is 29.2 Å². The lowest BCUT2D eigenvalue weighted by atomic mass is 9.91. The van der Waals surface area contributed by atoms with Gasteiger partial charge < -0.3 is 25.3 Å². The molecule has 2 N–H and O–H groups in total. The monoisotopic (exact) mass is 448 g/mol. The van der Waals surface area contributed by atoms with Gasteiger partial charge in [-0.1, -0.05) is 12.8 Å². The van der Waals surface area contributed by atoms with E-state index in [9.17, 15) is 4.79 Å². The van der Waals surface area contributed by atoms with E-state index < -0.39 is 5.54 Å². The molecule has 2 saturated heterocycles. The lowest BCUT2D eigenvalue weighted by molar-refractivity contribution is -0.131. The van der Waals surface area contributed by atoms with Crippen molar-refractivity contribution in [3.63, 3.8) is 0 Å².